The first-order chi connectivity index (χ1) is 12.6. The van der Waals surface area contributed by atoms with Gasteiger partial charge in [0.2, 0.25) is 0 Å². The highest BCUT2D eigenvalue weighted by Crippen LogP contribution is 2.53. The Morgan fingerprint density at radius 1 is 0.889 bits per heavy atom. The summed E-state index contributed by atoms with van der Waals surface area (Å²) in [6.07, 6.45) is 2.01. The summed E-state index contributed by atoms with van der Waals surface area (Å²) in [7, 11) is 5.13. The fourth-order valence-corrected chi connectivity index (χ4v) is 4.13. The van der Waals surface area contributed by atoms with Gasteiger partial charge in [0.25, 0.3) is 0 Å². The molecular formula is C24H30O3. The molecule has 0 saturated carbocycles. The Balaban J connectivity index is 0.00000261. The largest absolute Gasteiger partial charge is 0.500 e. The first-order valence-corrected chi connectivity index (χ1v) is 8.78. The summed E-state index contributed by atoms with van der Waals surface area (Å²) in [6.45, 7) is 8.34. The van der Waals surface area contributed by atoms with Gasteiger partial charge in [0.05, 0.1) is 27.2 Å². The normalized spacial score (nSPS) is 17.9. The van der Waals surface area contributed by atoms with Crippen molar-refractivity contribution in [3.05, 3.63) is 82.6 Å². The quantitative estimate of drug-likeness (QED) is 0.477. The van der Waals surface area contributed by atoms with E-state index in [-0.39, 0.29) is 19.3 Å². The molecule has 1 aliphatic rings. The molecule has 3 heteroatoms. The molecule has 2 aromatic rings. The summed E-state index contributed by atoms with van der Waals surface area (Å²) in [4.78, 5) is 0. The Morgan fingerprint density at radius 2 is 1.37 bits per heavy atom. The minimum absolute atomic E-state index is 0. The predicted molar refractivity (Wildman–Crippen MR) is 112 cm³/mol. The second-order valence-corrected chi connectivity index (χ2v) is 6.53. The third kappa shape index (κ3) is 3.23. The van der Waals surface area contributed by atoms with Crippen LogP contribution in [0.3, 0.4) is 0 Å². The zero-order valence-electron chi connectivity index (χ0n) is 16.1. The zero-order chi connectivity index (χ0) is 18.8. The van der Waals surface area contributed by atoms with Gasteiger partial charge >= 0.3 is 0 Å². The van der Waals surface area contributed by atoms with Crippen molar-refractivity contribution in [2.45, 2.75) is 33.1 Å². The second kappa shape index (κ2) is 8.34. The van der Waals surface area contributed by atoms with Gasteiger partial charge in [-0.2, -0.15) is 0 Å². The first-order valence-electron chi connectivity index (χ1n) is 8.78. The summed E-state index contributed by atoms with van der Waals surface area (Å²) in [6, 6.07) is 12.4. The van der Waals surface area contributed by atoms with Gasteiger partial charge in [-0.15, -0.1) is 0 Å². The number of ether oxygens (including phenoxy) is 3. The molecule has 0 unspecified atom stereocenters. The number of hydrogen-bond donors (Lipinski definition) is 0. The van der Waals surface area contributed by atoms with Crippen molar-refractivity contribution in [3.63, 3.8) is 0 Å². The van der Waals surface area contributed by atoms with Crippen LogP contribution in [-0.4, -0.2) is 21.3 Å². The molecule has 3 rings (SSSR count). The Bertz CT molecular complexity index is 808. The molecule has 0 bridgehead atoms. The molecule has 0 amide bonds. The summed E-state index contributed by atoms with van der Waals surface area (Å²) < 4.78 is 17.3. The molecule has 1 aliphatic carbocycles. The topological polar surface area (TPSA) is 27.7 Å². The molecule has 0 atom stereocenters. The van der Waals surface area contributed by atoms with Gasteiger partial charge in [-0.25, -0.2) is 0 Å². The van der Waals surface area contributed by atoms with Crippen molar-refractivity contribution in [3.8, 4) is 11.5 Å². The van der Waals surface area contributed by atoms with Crippen LogP contribution in [0.4, 0.5) is 0 Å². The maximum Gasteiger partial charge on any atom is 0.123 e. The van der Waals surface area contributed by atoms with E-state index >= 15 is 0 Å². The highest BCUT2D eigenvalue weighted by atomic mass is 16.5. The van der Waals surface area contributed by atoms with Crippen LogP contribution in [0, 0.1) is 0 Å². The van der Waals surface area contributed by atoms with Gasteiger partial charge in [0.15, 0.2) is 0 Å². The second-order valence-electron chi connectivity index (χ2n) is 6.53. The molecule has 0 radical (unpaired) electrons. The summed E-state index contributed by atoms with van der Waals surface area (Å²) >= 11 is 0. The van der Waals surface area contributed by atoms with Crippen LogP contribution < -0.4 is 9.47 Å². The van der Waals surface area contributed by atoms with Crippen LogP contribution in [0.1, 0.15) is 55.4 Å². The summed E-state index contributed by atoms with van der Waals surface area (Å²) in [5.41, 5.74) is 5.75. The Morgan fingerprint density at radius 3 is 1.70 bits per heavy atom. The van der Waals surface area contributed by atoms with Crippen molar-refractivity contribution in [2.75, 3.05) is 21.3 Å². The molecule has 0 N–H and O–H groups in total. The standard InChI is InChI=1S/C23H26O3.CH4/c1-7-17(24-4)23-21-15(10-8-12-18(21)25-5)20(14(2)3)16-11-9-13-19(26-6)22(16)23;/h7-13,20,23H,2H2,1,3-6H3;1H4/b17-7+;. The number of methoxy groups -OCH3 is 3. The van der Waals surface area contributed by atoms with Crippen LogP contribution in [0.25, 0.3) is 0 Å². The molecule has 0 heterocycles. The fraction of sp³-hybridized carbons (Fsp3) is 0.333. The molecule has 2 aromatic carbocycles. The maximum absolute atomic E-state index is 5.77. The van der Waals surface area contributed by atoms with E-state index in [0.29, 0.717) is 0 Å². The lowest BCUT2D eigenvalue weighted by molar-refractivity contribution is 0.266. The summed E-state index contributed by atoms with van der Waals surface area (Å²) in [5, 5.41) is 0. The van der Waals surface area contributed by atoms with Gasteiger partial charge in [-0.3, -0.25) is 0 Å². The van der Waals surface area contributed by atoms with E-state index in [4.69, 9.17) is 14.2 Å². The van der Waals surface area contributed by atoms with E-state index in [1.165, 1.54) is 11.1 Å². The molecule has 0 spiro atoms. The molecule has 0 fully saturated rings. The van der Waals surface area contributed by atoms with Gasteiger partial charge < -0.3 is 14.2 Å². The number of fused-ring (bicyclic) bond motifs is 2. The van der Waals surface area contributed by atoms with Crippen molar-refractivity contribution in [2.24, 2.45) is 0 Å². The average molecular weight is 367 g/mol. The molecule has 0 aromatic heterocycles. The van der Waals surface area contributed by atoms with Gasteiger partial charge in [0, 0.05) is 17.0 Å². The van der Waals surface area contributed by atoms with E-state index in [1.54, 1.807) is 21.3 Å². The van der Waals surface area contributed by atoms with Crippen LogP contribution >= 0.6 is 0 Å². The summed E-state index contributed by atoms with van der Waals surface area (Å²) in [5.74, 6) is 2.59. The van der Waals surface area contributed by atoms with Gasteiger partial charge in [-0.05, 0) is 43.2 Å². The third-order valence-corrected chi connectivity index (χ3v) is 5.14. The smallest absolute Gasteiger partial charge is 0.123 e. The van der Waals surface area contributed by atoms with Crippen molar-refractivity contribution in [1.29, 1.82) is 0 Å². The van der Waals surface area contributed by atoms with Crippen molar-refractivity contribution >= 4 is 0 Å². The van der Waals surface area contributed by atoms with E-state index < -0.39 is 0 Å². The highest BCUT2D eigenvalue weighted by molar-refractivity contribution is 5.65. The molecular weight excluding hydrogens is 336 g/mol. The van der Waals surface area contributed by atoms with Crippen molar-refractivity contribution < 1.29 is 14.2 Å². The van der Waals surface area contributed by atoms with Crippen LogP contribution in [-0.2, 0) is 4.74 Å². The molecule has 144 valence electrons. The number of rotatable bonds is 5. The monoisotopic (exact) mass is 366 g/mol. The third-order valence-electron chi connectivity index (χ3n) is 5.14. The molecule has 0 aliphatic heterocycles. The van der Waals surface area contributed by atoms with Gasteiger partial charge in [-0.1, -0.05) is 43.8 Å². The van der Waals surface area contributed by atoms with Crippen molar-refractivity contribution in [1.82, 2.24) is 0 Å². The number of benzene rings is 2. The minimum Gasteiger partial charge on any atom is -0.500 e. The average Bonchev–Trinajstić information content (AvgIpc) is 2.66. The lowest BCUT2D eigenvalue weighted by Gasteiger charge is -2.36. The predicted octanol–water partition coefficient (Wildman–Crippen LogP) is 6.04. The zero-order valence-corrected chi connectivity index (χ0v) is 16.1. The minimum atomic E-state index is -0.0853. The van der Waals surface area contributed by atoms with E-state index in [0.717, 1.165) is 34.0 Å². The fourth-order valence-electron chi connectivity index (χ4n) is 4.13. The first kappa shape index (κ1) is 20.6. The van der Waals surface area contributed by atoms with Gasteiger partial charge in [0.1, 0.15) is 17.3 Å². The maximum atomic E-state index is 5.77. The number of hydrogen-bond acceptors (Lipinski definition) is 3. The lowest BCUT2D eigenvalue weighted by atomic mass is 9.69. The Hall–Kier alpha value is -2.68. The number of allylic oxidation sites excluding steroid dienone is 3. The van der Waals surface area contributed by atoms with Crippen LogP contribution in [0.5, 0.6) is 11.5 Å². The molecule has 3 nitrogen and oxygen atoms in total. The lowest BCUT2D eigenvalue weighted by Crippen LogP contribution is -2.22. The Kier molecular flexibility index (Phi) is 6.37. The van der Waals surface area contributed by atoms with Crippen LogP contribution in [0.2, 0.25) is 0 Å². The molecule has 0 saturated heterocycles. The van der Waals surface area contributed by atoms with E-state index in [1.807, 2.05) is 37.3 Å². The SMILES string of the molecule is C.C=C(C)C1c2cccc(OC)c2C(/C(=C\C)OC)c2c(OC)cccc21. The molecule has 27 heavy (non-hydrogen) atoms. The van der Waals surface area contributed by atoms with E-state index in [9.17, 15) is 0 Å². The highest BCUT2D eigenvalue weighted by Gasteiger charge is 2.39. The Labute approximate surface area is 163 Å². The van der Waals surface area contributed by atoms with Crippen LogP contribution in [0.15, 0.2) is 60.4 Å². The van der Waals surface area contributed by atoms with E-state index in [2.05, 4.69) is 25.6 Å².